The molecule has 9 heteroatoms. The predicted molar refractivity (Wildman–Crippen MR) is 96.5 cm³/mol. The number of nitrogens with one attached hydrogen (secondary N) is 1. The van der Waals surface area contributed by atoms with Gasteiger partial charge in [-0.05, 0) is 31.5 Å². The van der Waals surface area contributed by atoms with Gasteiger partial charge in [-0.2, -0.15) is 5.10 Å². The number of sulfone groups is 1. The average molecular weight is 381 g/mol. The number of aliphatic hydroxyl groups excluding tert-OH is 1. The van der Waals surface area contributed by atoms with Crippen molar-refractivity contribution in [3.8, 4) is 5.75 Å². The number of hydrogen-bond donors (Lipinski definition) is 3. The molecule has 0 saturated carbocycles. The molecule has 0 aliphatic heterocycles. The number of carbonyl (C=O) groups is 1. The first-order valence-corrected chi connectivity index (χ1v) is 9.87. The lowest BCUT2D eigenvalue weighted by atomic mass is 10.1. The molecule has 1 aromatic heterocycles. The quantitative estimate of drug-likeness (QED) is 0.658. The van der Waals surface area contributed by atoms with Crippen molar-refractivity contribution in [1.82, 2.24) is 15.1 Å². The largest absolute Gasteiger partial charge is 0.507 e. The van der Waals surface area contributed by atoms with Crippen LogP contribution in [0.15, 0.2) is 36.7 Å². The lowest BCUT2D eigenvalue weighted by Gasteiger charge is -2.30. The second kappa shape index (κ2) is 7.46. The summed E-state index contributed by atoms with van der Waals surface area (Å²) in [5.41, 5.74) is 0.879. The van der Waals surface area contributed by atoms with E-state index in [0.717, 1.165) is 11.8 Å². The van der Waals surface area contributed by atoms with Gasteiger partial charge in [-0.3, -0.25) is 4.79 Å². The third kappa shape index (κ3) is 4.41. The molecule has 0 radical (unpaired) electrons. The summed E-state index contributed by atoms with van der Waals surface area (Å²) >= 11 is 0. The number of amides is 1. The second-order valence-corrected chi connectivity index (χ2v) is 9.13. The number of para-hydroxylation sites is 1. The van der Waals surface area contributed by atoms with Crippen molar-refractivity contribution in [2.24, 2.45) is 0 Å². The Bertz CT molecular complexity index is 893. The molecule has 1 aromatic carbocycles. The maximum absolute atomic E-state index is 12.3. The van der Waals surface area contributed by atoms with Crippen LogP contribution in [0.1, 0.15) is 35.5 Å². The van der Waals surface area contributed by atoms with E-state index in [1.807, 2.05) is 0 Å². The number of carbonyl (C=O) groups excluding carboxylic acids is 1. The number of phenols is 1. The Balaban J connectivity index is 2.16. The molecule has 1 heterocycles. The van der Waals surface area contributed by atoms with Crippen LogP contribution in [-0.4, -0.2) is 51.9 Å². The summed E-state index contributed by atoms with van der Waals surface area (Å²) in [6.07, 6.45) is 2.90. The minimum absolute atomic E-state index is 0.0478. The van der Waals surface area contributed by atoms with Crippen LogP contribution in [0.4, 0.5) is 0 Å². The van der Waals surface area contributed by atoms with Gasteiger partial charge in [-0.25, -0.2) is 13.1 Å². The van der Waals surface area contributed by atoms with Crippen LogP contribution in [-0.2, 0) is 9.84 Å². The summed E-state index contributed by atoms with van der Waals surface area (Å²) in [5.74, 6) is -0.791. The van der Waals surface area contributed by atoms with Gasteiger partial charge in [0, 0.05) is 25.4 Å². The van der Waals surface area contributed by atoms with Gasteiger partial charge in [0.05, 0.1) is 16.5 Å². The summed E-state index contributed by atoms with van der Waals surface area (Å²) in [4.78, 5) is 12.3. The molecule has 2 rings (SSSR count). The zero-order valence-electron chi connectivity index (χ0n) is 14.9. The number of aryl methyl sites for hydroxylation is 1. The molecular formula is C17H23N3O5S. The first-order valence-electron chi connectivity index (χ1n) is 7.98. The smallest absolute Gasteiger partial charge is 0.255 e. The average Bonchev–Trinajstić information content (AvgIpc) is 2.98. The fourth-order valence-corrected chi connectivity index (χ4v) is 3.24. The van der Waals surface area contributed by atoms with Gasteiger partial charge in [-0.1, -0.05) is 12.1 Å². The number of phenolic OH excluding ortho intramolecular Hbond substituents is 1. The lowest BCUT2D eigenvalue weighted by Crippen LogP contribution is -2.47. The SMILES string of the molecule is Cc1cnn(C(O)CC(C)(CNC(=O)c2ccccc2O)S(C)(=O)=O)c1. The van der Waals surface area contributed by atoms with E-state index in [1.54, 1.807) is 31.5 Å². The Morgan fingerprint density at radius 2 is 2.04 bits per heavy atom. The van der Waals surface area contributed by atoms with Crippen molar-refractivity contribution in [2.45, 2.75) is 31.2 Å². The van der Waals surface area contributed by atoms with E-state index in [4.69, 9.17) is 0 Å². The summed E-state index contributed by atoms with van der Waals surface area (Å²) < 4.78 is 24.5. The standard InChI is InChI=1S/C17H23N3O5S/c1-12-9-19-20(10-12)15(22)8-17(2,26(3,24)25)11-18-16(23)13-6-4-5-7-14(13)21/h4-7,9-10,15,21-22H,8,11H2,1-3H3,(H,18,23). The molecule has 0 saturated heterocycles. The summed E-state index contributed by atoms with van der Waals surface area (Å²) in [7, 11) is -3.63. The monoisotopic (exact) mass is 381 g/mol. The van der Waals surface area contributed by atoms with Crippen molar-refractivity contribution in [1.29, 1.82) is 0 Å². The van der Waals surface area contributed by atoms with E-state index >= 15 is 0 Å². The number of aromatic nitrogens is 2. The van der Waals surface area contributed by atoms with Crippen molar-refractivity contribution in [3.05, 3.63) is 47.8 Å². The first-order chi connectivity index (χ1) is 12.0. The maximum atomic E-state index is 12.3. The van der Waals surface area contributed by atoms with Crippen LogP contribution in [0.25, 0.3) is 0 Å². The fourth-order valence-electron chi connectivity index (χ4n) is 2.46. The van der Waals surface area contributed by atoms with E-state index in [2.05, 4.69) is 10.4 Å². The summed E-state index contributed by atoms with van der Waals surface area (Å²) in [6.45, 7) is 3.03. The molecule has 0 fully saturated rings. The van der Waals surface area contributed by atoms with E-state index in [0.29, 0.717) is 0 Å². The zero-order valence-corrected chi connectivity index (χ0v) is 15.7. The highest BCUT2D eigenvalue weighted by Crippen LogP contribution is 2.26. The van der Waals surface area contributed by atoms with E-state index in [9.17, 15) is 23.4 Å². The summed E-state index contributed by atoms with van der Waals surface area (Å²) in [5, 5.41) is 26.6. The lowest BCUT2D eigenvalue weighted by molar-refractivity contribution is 0.0688. The molecule has 8 nitrogen and oxygen atoms in total. The van der Waals surface area contributed by atoms with Gasteiger partial charge < -0.3 is 15.5 Å². The van der Waals surface area contributed by atoms with Crippen LogP contribution in [0.2, 0.25) is 0 Å². The fraction of sp³-hybridized carbons (Fsp3) is 0.412. The Morgan fingerprint density at radius 1 is 1.38 bits per heavy atom. The number of rotatable bonds is 7. The number of nitrogens with zero attached hydrogens (tertiary/aromatic N) is 2. The molecule has 2 unspecified atom stereocenters. The van der Waals surface area contributed by atoms with Crippen molar-refractivity contribution in [2.75, 3.05) is 12.8 Å². The Hall–Kier alpha value is -2.39. The Kier molecular flexibility index (Phi) is 5.72. The third-order valence-corrected chi connectivity index (χ3v) is 6.42. The molecule has 0 spiro atoms. The van der Waals surface area contributed by atoms with Gasteiger partial charge in [0.1, 0.15) is 12.0 Å². The van der Waals surface area contributed by atoms with E-state index in [1.165, 1.54) is 23.7 Å². The first kappa shape index (κ1) is 19.9. The third-order valence-electron chi connectivity index (χ3n) is 4.32. The highest BCUT2D eigenvalue weighted by molar-refractivity contribution is 7.92. The molecule has 0 bridgehead atoms. The minimum Gasteiger partial charge on any atom is -0.507 e. The molecule has 2 aromatic rings. The highest BCUT2D eigenvalue weighted by Gasteiger charge is 2.39. The minimum atomic E-state index is -3.63. The normalized spacial score (nSPS) is 15.2. The van der Waals surface area contributed by atoms with Crippen molar-refractivity contribution >= 4 is 15.7 Å². The number of aromatic hydroxyl groups is 1. The maximum Gasteiger partial charge on any atom is 0.255 e. The molecule has 26 heavy (non-hydrogen) atoms. The van der Waals surface area contributed by atoms with Crippen molar-refractivity contribution < 1.29 is 23.4 Å². The van der Waals surface area contributed by atoms with Crippen LogP contribution in [0, 0.1) is 6.92 Å². The number of hydrogen-bond acceptors (Lipinski definition) is 6. The number of aliphatic hydroxyl groups is 1. The molecule has 142 valence electrons. The molecule has 1 amide bonds. The molecule has 2 atom stereocenters. The Morgan fingerprint density at radius 3 is 2.58 bits per heavy atom. The van der Waals surface area contributed by atoms with Gasteiger partial charge in [-0.15, -0.1) is 0 Å². The van der Waals surface area contributed by atoms with Gasteiger partial charge in [0.25, 0.3) is 5.91 Å². The number of benzene rings is 1. The predicted octanol–water partition coefficient (Wildman–Crippen LogP) is 1.01. The molecular weight excluding hydrogens is 358 g/mol. The molecule has 0 aliphatic rings. The van der Waals surface area contributed by atoms with E-state index < -0.39 is 26.7 Å². The van der Waals surface area contributed by atoms with Crippen LogP contribution in [0.5, 0.6) is 5.75 Å². The van der Waals surface area contributed by atoms with Crippen LogP contribution in [0.3, 0.4) is 0 Å². The van der Waals surface area contributed by atoms with E-state index in [-0.39, 0.29) is 24.3 Å². The highest BCUT2D eigenvalue weighted by atomic mass is 32.2. The topological polar surface area (TPSA) is 122 Å². The zero-order chi connectivity index (χ0) is 19.5. The van der Waals surface area contributed by atoms with Gasteiger partial charge in [0.15, 0.2) is 9.84 Å². The summed E-state index contributed by atoms with van der Waals surface area (Å²) in [6, 6.07) is 5.97. The van der Waals surface area contributed by atoms with Crippen LogP contribution < -0.4 is 5.32 Å². The van der Waals surface area contributed by atoms with Crippen LogP contribution >= 0.6 is 0 Å². The van der Waals surface area contributed by atoms with Gasteiger partial charge >= 0.3 is 0 Å². The molecule has 0 aliphatic carbocycles. The Labute approximate surface area is 152 Å². The van der Waals surface area contributed by atoms with Gasteiger partial charge in [0.2, 0.25) is 0 Å². The van der Waals surface area contributed by atoms with Crippen molar-refractivity contribution in [3.63, 3.8) is 0 Å². The molecule has 3 N–H and O–H groups in total. The second-order valence-electron chi connectivity index (χ2n) is 6.60.